The van der Waals surface area contributed by atoms with Crippen molar-refractivity contribution in [3.05, 3.63) is 76.4 Å². The number of aryl methyl sites for hydroxylation is 3. The van der Waals surface area contributed by atoms with E-state index in [2.05, 4.69) is 50.9 Å². The lowest BCUT2D eigenvalue weighted by atomic mass is 9.82. The van der Waals surface area contributed by atoms with E-state index in [-0.39, 0.29) is 0 Å². The summed E-state index contributed by atoms with van der Waals surface area (Å²) in [5.74, 6) is 2.01. The molecule has 1 N–H and O–H groups in total. The van der Waals surface area contributed by atoms with Crippen molar-refractivity contribution in [3.8, 4) is 0 Å². The summed E-state index contributed by atoms with van der Waals surface area (Å²) >= 11 is 0. The summed E-state index contributed by atoms with van der Waals surface area (Å²) in [6.07, 6.45) is 6.87. The van der Waals surface area contributed by atoms with Crippen LogP contribution in [0, 0.1) is 25.7 Å². The molecule has 0 aromatic heterocycles. The van der Waals surface area contributed by atoms with Crippen LogP contribution in [0.4, 0.5) is 4.39 Å². The lowest BCUT2D eigenvalue weighted by Gasteiger charge is -2.24. The molecular weight excluding hydrogens is 405 g/mol. The summed E-state index contributed by atoms with van der Waals surface area (Å²) in [4.78, 5) is 0. The molecule has 0 radical (unpaired) electrons. The molecule has 1 saturated carbocycles. The van der Waals surface area contributed by atoms with Crippen LogP contribution in [0.3, 0.4) is 0 Å². The monoisotopic (exact) mass is 451 g/mol. The van der Waals surface area contributed by atoms with Crippen molar-refractivity contribution in [2.24, 2.45) is 11.8 Å². The van der Waals surface area contributed by atoms with Crippen molar-refractivity contribution >= 4 is 5.57 Å². The zero-order chi connectivity index (χ0) is 24.6. The first-order valence-electron chi connectivity index (χ1n) is 12.8. The van der Waals surface area contributed by atoms with E-state index in [1.807, 2.05) is 39.0 Å². The topological polar surface area (TPSA) is 12.0 Å². The lowest BCUT2D eigenvalue weighted by Crippen LogP contribution is -2.31. The van der Waals surface area contributed by atoms with Crippen LogP contribution in [0.25, 0.3) is 5.57 Å². The Morgan fingerprint density at radius 3 is 2.18 bits per heavy atom. The van der Waals surface area contributed by atoms with Gasteiger partial charge < -0.3 is 5.32 Å². The zero-order valence-electron chi connectivity index (χ0n) is 22.2. The van der Waals surface area contributed by atoms with Gasteiger partial charge in [-0.3, -0.25) is 0 Å². The highest BCUT2D eigenvalue weighted by Crippen LogP contribution is 2.28. The van der Waals surface area contributed by atoms with E-state index < -0.39 is 5.67 Å². The molecule has 2 heteroatoms. The fourth-order valence-corrected chi connectivity index (χ4v) is 4.58. The maximum absolute atomic E-state index is 15.1. The summed E-state index contributed by atoms with van der Waals surface area (Å²) in [7, 11) is 0. The molecule has 1 fully saturated rings. The van der Waals surface area contributed by atoms with Crippen molar-refractivity contribution in [2.45, 2.75) is 92.8 Å². The van der Waals surface area contributed by atoms with Crippen molar-refractivity contribution in [3.63, 3.8) is 0 Å². The molecule has 3 unspecified atom stereocenters. The number of hydrogen-bond acceptors (Lipinski definition) is 1. The number of alkyl halides is 1. The number of allylic oxidation sites excluding steroid dienone is 1. The summed E-state index contributed by atoms with van der Waals surface area (Å²) in [6, 6.07) is 12.3. The highest BCUT2D eigenvalue weighted by Gasteiger charge is 2.25. The third-order valence-electron chi connectivity index (χ3n) is 7.45. The van der Waals surface area contributed by atoms with Gasteiger partial charge in [0.25, 0.3) is 0 Å². The Morgan fingerprint density at radius 2 is 1.67 bits per heavy atom. The first-order chi connectivity index (χ1) is 15.5. The van der Waals surface area contributed by atoms with Crippen LogP contribution in [-0.2, 0) is 18.6 Å². The average molecular weight is 452 g/mol. The highest BCUT2D eigenvalue weighted by molar-refractivity contribution is 5.65. The quantitative estimate of drug-likeness (QED) is 0.444. The van der Waals surface area contributed by atoms with Gasteiger partial charge in [0.15, 0.2) is 0 Å². The second kappa shape index (κ2) is 12.5. The second-order valence-corrected chi connectivity index (χ2v) is 10.5. The first-order valence-corrected chi connectivity index (χ1v) is 12.8. The van der Waals surface area contributed by atoms with E-state index in [1.54, 1.807) is 6.92 Å². The van der Waals surface area contributed by atoms with Crippen molar-refractivity contribution in [2.75, 3.05) is 6.54 Å². The molecule has 1 nitrogen and oxygen atoms in total. The number of nitrogens with one attached hydrogen (secondary N) is 1. The number of halogens is 1. The van der Waals surface area contributed by atoms with E-state index in [9.17, 15) is 0 Å². The van der Waals surface area contributed by atoms with Gasteiger partial charge in [-0.15, -0.1) is 0 Å². The molecule has 33 heavy (non-hydrogen) atoms. The minimum Gasteiger partial charge on any atom is -0.309 e. The smallest absolute Gasteiger partial charge is 0.145 e. The van der Waals surface area contributed by atoms with Crippen LogP contribution in [0.1, 0.15) is 93.7 Å². The standard InChI is InChI=1S/C23H30FN.C8H16/c1-7-20-13-19(9-11-22(20)16(2)3)14-25-15-23(6,24)21-10-8-17(4)18(5)12-21;1-7-5-3-4-6-8(7)2/h8-13,25H,2,7,14-15H2,1,3-6H3;7-8H,3-6H2,1-2H3. The Hall–Kier alpha value is -1.93. The fourth-order valence-electron chi connectivity index (χ4n) is 4.58. The largest absolute Gasteiger partial charge is 0.309 e. The molecule has 0 spiro atoms. The number of rotatable bonds is 7. The molecule has 0 saturated heterocycles. The van der Waals surface area contributed by atoms with Gasteiger partial charge in [0, 0.05) is 13.1 Å². The van der Waals surface area contributed by atoms with Gasteiger partial charge in [-0.2, -0.15) is 0 Å². The Bertz CT molecular complexity index is 901. The Balaban J connectivity index is 0.000000405. The summed E-state index contributed by atoms with van der Waals surface area (Å²) < 4.78 is 15.1. The predicted octanol–water partition coefficient (Wildman–Crippen LogP) is 8.71. The minimum absolute atomic E-state index is 0.291. The SMILES string of the molecule is C=C(C)c1ccc(CNCC(C)(F)c2ccc(C)c(C)c2)cc1CC.CC1CCCCC1C. The zero-order valence-corrected chi connectivity index (χ0v) is 22.2. The van der Waals surface area contributed by atoms with E-state index in [0.717, 1.165) is 35.0 Å². The minimum atomic E-state index is -1.39. The molecule has 0 aliphatic heterocycles. The maximum atomic E-state index is 15.1. The number of benzene rings is 2. The van der Waals surface area contributed by atoms with Crippen molar-refractivity contribution < 1.29 is 4.39 Å². The molecule has 3 atom stereocenters. The third kappa shape index (κ3) is 8.10. The van der Waals surface area contributed by atoms with E-state index >= 15 is 4.39 Å². The second-order valence-electron chi connectivity index (χ2n) is 10.5. The Labute approximate surface area is 202 Å². The first kappa shape index (κ1) is 27.3. The Morgan fingerprint density at radius 1 is 1.03 bits per heavy atom. The van der Waals surface area contributed by atoms with Crippen LogP contribution in [0.15, 0.2) is 43.0 Å². The van der Waals surface area contributed by atoms with Gasteiger partial charge in [-0.05, 0) is 79.3 Å². The number of hydrogen-bond donors (Lipinski definition) is 1. The lowest BCUT2D eigenvalue weighted by molar-refractivity contribution is 0.186. The van der Waals surface area contributed by atoms with Crippen LogP contribution in [-0.4, -0.2) is 6.54 Å². The van der Waals surface area contributed by atoms with Crippen molar-refractivity contribution in [1.29, 1.82) is 0 Å². The van der Waals surface area contributed by atoms with Crippen molar-refractivity contribution in [1.82, 2.24) is 5.32 Å². The predicted molar refractivity (Wildman–Crippen MR) is 143 cm³/mol. The molecule has 0 bridgehead atoms. The molecule has 0 amide bonds. The van der Waals surface area contributed by atoms with Gasteiger partial charge in [-0.1, -0.05) is 95.0 Å². The summed E-state index contributed by atoms with van der Waals surface area (Å²) in [5.41, 5.74) is 6.45. The molecule has 1 aliphatic carbocycles. The van der Waals surface area contributed by atoms with E-state index in [1.165, 1.54) is 47.9 Å². The molecule has 182 valence electrons. The van der Waals surface area contributed by atoms with Gasteiger partial charge in [0.1, 0.15) is 5.67 Å². The molecule has 1 aliphatic rings. The van der Waals surface area contributed by atoms with E-state index in [4.69, 9.17) is 0 Å². The van der Waals surface area contributed by atoms with Crippen LogP contribution < -0.4 is 5.32 Å². The molecule has 2 aromatic carbocycles. The molecule has 3 rings (SSSR count). The van der Waals surface area contributed by atoms with Crippen LogP contribution in [0.5, 0.6) is 0 Å². The van der Waals surface area contributed by atoms with Gasteiger partial charge in [0.2, 0.25) is 0 Å². The van der Waals surface area contributed by atoms with Gasteiger partial charge in [0.05, 0.1) is 0 Å². The highest BCUT2D eigenvalue weighted by atomic mass is 19.1. The average Bonchev–Trinajstić information content (AvgIpc) is 2.77. The fraction of sp³-hybridized carbons (Fsp3) is 0.548. The van der Waals surface area contributed by atoms with Gasteiger partial charge >= 0.3 is 0 Å². The third-order valence-corrected chi connectivity index (χ3v) is 7.45. The maximum Gasteiger partial charge on any atom is 0.145 e. The van der Waals surface area contributed by atoms with E-state index in [0.29, 0.717) is 13.1 Å². The van der Waals surface area contributed by atoms with Gasteiger partial charge in [-0.25, -0.2) is 4.39 Å². The van der Waals surface area contributed by atoms with Crippen LogP contribution >= 0.6 is 0 Å². The normalized spacial score (nSPS) is 19.9. The van der Waals surface area contributed by atoms with Crippen LogP contribution in [0.2, 0.25) is 0 Å². The molecular formula is C31H46FN. The summed E-state index contributed by atoms with van der Waals surface area (Å²) in [6.45, 7) is 19.6. The molecule has 0 heterocycles. The Kier molecular flexibility index (Phi) is 10.4. The summed E-state index contributed by atoms with van der Waals surface area (Å²) in [5, 5.41) is 3.28. The molecule has 2 aromatic rings.